The molecule has 4 aromatic rings. The summed E-state index contributed by atoms with van der Waals surface area (Å²) in [6.07, 6.45) is -0.197. The standard InChI is InChI=1S/C22H14Br2ClNO/c1-26-18-9-5-13(23)10-17(18)20-21(26)16-8-4-14(24)11-19(16)27-22(20)12-2-6-15(25)7-3-12/h2-11,22H,1H3. The highest BCUT2D eigenvalue weighted by molar-refractivity contribution is 9.10. The monoisotopic (exact) mass is 501 g/mol. The van der Waals surface area contributed by atoms with Gasteiger partial charge in [0.15, 0.2) is 6.10 Å². The molecule has 0 aliphatic carbocycles. The largest absolute Gasteiger partial charge is 0.480 e. The zero-order valence-electron chi connectivity index (χ0n) is 14.3. The molecule has 0 N–H and O–H groups in total. The summed E-state index contributed by atoms with van der Waals surface area (Å²) >= 11 is 13.3. The van der Waals surface area contributed by atoms with E-state index in [1.807, 2.05) is 30.3 Å². The number of nitrogens with zero attached hydrogens (tertiary/aromatic N) is 1. The van der Waals surface area contributed by atoms with Crippen molar-refractivity contribution in [2.45, 2.75) is 6.10 Å². The highest BCUT2D eigenvalue weighted by atomic mass is 79.9. The molecule has 1 aliphatic heterocycles. The van der Waals surface area contributed by atoms with Gasteiger partial charge in [-0.05, 0) is 54.1 Å². The summed E-state index contributed by atoms with van der Waals surface area (Å²) in [6.45, 7) is 0. The summed E-state index contributed by atoms with van der Waals surface area (Å²) in [5.41, 5.74) is 5.75. The van der Waals surface area contributed by atoms with E-state index < -0.39 is 0 Å². The van der Waals surface area contributed by atoms with Crippen molar-refractivity contribution in [1.29, 1.82) is 0 Å². The van der Waals surface area contributed by atoms with Crippen LogP contribution in [0.4, 0.5) is 0 Å². The Kier molecular flexibility index (Phi) is 4.12. The Morgan fingerprint density at radius 3 is 2.41 bits per heavy atom. The number of hydrogen-bond donors (Lipinski definition) is 0. The molecule has 1 atom stereocenters. The Hall–Kier alpha value is -1.75. The van der Waals surface area contributed by atoms with E-state index in [4.69, 9.17) is 16.3 Å². The Balaban J connectivity index is 1.87. The first-order chi connectivity index (χ1) is 13.0. The van der Waals surface area contributed by atoms with Crippen molar-refractivity contribution in [2.24, 2.45) is 7.05 Å². The molecule has 5 rings (SSSR count). The molecule has 1 aliphatic rings. The molecule has 0 saturated heterocycles. The summed E-state index contributed by atoms with van der Waals surface area (Å²) in [6, 6.07) is 20.5. The van der Waals surface area contributed by atoms with Gasteiger partial charge in [0.2, 0.25) is 0 Å². The van der Waals surface area contributed by atoms with Crippen LogP contribution in [0.25, 0.3) is 22.2 Å². The molecule has 134 valence electrons. The quantitative estimate of drug-likeness (QED) is 0.262. The second-order valence-electron chi connectivity index (χ2n) is 6.67. The Morgan fingerprint density at radius 1 is 0.926 bits per heavy atom. The molecule has 1 unspecified atom stereocenters. The van der Waals surface area contributed by atoms with Gasteiger partial charge in [-0.1, -0.05) is 55.6 Å². The lowest BCUT2D eigenvalue weighted by Crippen LogP contribution is -2.15. The summed E-state index contributed by atoms with van der Waals surface area (Å²) in [4.78, 5) is 0. The van der Waals surface area contributed by atoms with Crippen molar-refractivity contribution in [3.63, 3.8) is 0 Å². The van der Waals surface area contributed by atoms with Gasteiger partial charge in [0, 0.05) is 43.0 Å². The van der Waals surface area contributed by atoms with E-state index in [2.05, 4.69) is 73.8 Å². The topological polar surface area (TPSA) is 14.2 Å². The van der Waals surface area contributed by atoms with Crippen LogP contribution in [0.1, 0.15) is 17.2 Å². The Morgan fingerprint density at radius 2 is 1.63 bits per heavy atom. The maximum atomic E-state index is 6.52. The highest BCUT2D eigenvalue weighted by Gasteiger charge is 2.32. The number of rotatable bonds is 1. The zero-order valence-corrected chi connectivity index (χ0v) is 18.3. The predicted molar refractivity (Wildman–Crippen MR) is 118 cm³/mol. The van der Waals surface area contributed by atoms with Gasteiger partial charge in [-0.15, -0.1) is 0 Å². The molecule has 0 amide bonds. The summed E-state index contributed by atoms with van der Waals surface area (Å²) in [5, 5.41) is 1.91. The third-order valence-corrected chi connectivity index (χ3v) is 6.32. The van der Waals surface area contributed by atoms with Gasteiger partial charge >= 0.3 is 0 Å². The van der Waals surface area contributed by atoms with E-state index in [-0.39, 0.29) is 6.10 Å². The van der Waals surface area contributed by atoms with Crippen LogP contribution in [0.15, 0.2) is 69.6 Å². The van der Waals surface area contributed by atoms with Gasteiger partial charge in [0.1, 0.15) is 5.75 Å². The van der Waals surface area contributed by atoms with Gasteiger partial charge in [-0.2, -0.15) is 0 Å². The fourth-order valence-electron chi connectivity index (χ4n) is 3.88. The first-order valence-corrected chi connectivity index (χ1v) is 10.5. The van der Waals surface area contributed by atoms with E-state index in [1.165, 1.54) is 22.2 Å². The molecular formula is C22H14Br2ClNO. The number of aromatic nitrogens is 1. The van der Waals surface area contributed by atoms with Crippen LogP contribution >= 0.6 is 43.5 Å². The van der Waals surface area contributed by atoms with Crippen LogP contribution in [0.2, 0.25) is 5.02 Å². The molecule has 0 spiro atoms. The normalized spacial score (nSPS) is 15.3. The lowest BCUT2D eigenvalue weighted by atomic mass is 9.93. The van der Waals surface area contributed by atoms with Gasteiger partial charge in [0.05, 0.1) is 5.69 Å². The SMILES string of the molecule is Cn1c2c(c3cc(Br)ccc31)C(c1ccc(Cl)cc1)Oc1cc(Br)ccc1-2. The van der Waals surface area contributed by atoms with Gasteiger partial charge in [0.25, 0.3) is 0 Å². The fourth-order valence-corrected chi connectivity index (χ4v) is 4.71. The van der Waals surface area contributed by atoms with E-state index in [0.29, 0.717) is 0 Å². The minimum absolute atomic E-state index is 0.197. The van der Waals surface area contributed by atoms with Crippen LogP contribution in [0, 0.1) is 0 Å². The summed E-state index contributed by atoms with van der Waals surface area (Å²) < 4.78 is 10.8. The molecular weight excluding hydrogens is 490 g/mol. The third kappa shape index (κ3) is 2.74. The number of aryl methyl sites for hydroxylation is 1. The Bertz CT molecular complexity index is 1200. The van der Waals surface area contributed by atoms with Crippen molar-refractivity contribution in [3.05, 3.63) is 85.8 Å². The molecule has 0 fully saturated rings. The van der Waals surface area contributed by atoms with Crippen molar-refractivity contribution < 1.29 is 4.74 Å². The molecule has 5 heteroatoms. The molecule has 0 radical (unpaired) electrons. The first-order valence-electron chi connectivity index (χ1n) is 8.53. The van der Waals surface area contributed by atoms with E-state index in [0.717, 1.165) is 30.8 Å². The maximum absolute atomic E-state index is 6.52. The van der Waals surface area contributed by atoms with Crippen molar-refractivity contribution >= 4 is 54.4 Å². The average Bonchev–Trinajstić information content (AvgIpc) is 2.94. The van der Waals surface area contributed by atoms with Gasteiger partial charge < -0.3 is 9.30 Å². The van der Waals surface area contributed by atoms with Gasteiger partial charge in [-0.25, -0.2) is 0 Å². The molecule has 2 nitrogen and oxygen atoms in total. The molecule has 2 heterocycles. The minimum atomic E-state index is -0.197. The summed E-state index contributed by atoms with van der Waals surface area (Å²) in [5.74, 6) is 0.877. The second-order valence-corrected chi connectivity index (χ2v) is 8.94. The van der Waals surface area contributed by atoms with E-state index >= 15 is 0 Å². The zero-order chi connectivity index (χ0) is 18.7. The van der Waals surface area contributed by atoms with Crippen LogP contribution < -0.4 is 4.74 Å². The Labute approximate surface area is 179 Å². The molecule has 3 aromatic carbocycles. The number of hydrogen-bond acceptors (Lipinski definition) is 1. The third-order valence-electron chi connectivity index (χ3n) is 5.08. The average molecular weight is 504 g/mol. The molecule has 27 heavy (non-hydrogen) atoms. The number of halogens is 3. The lowest BCUT2D eigenvalue weighted by Gasteiger charge is -2.28. The van der Waals surface area contributed by atoms with Crippen molar-refractivity contribution in [3.8, 4) is 17.0 Å². The number of ether oxygens (including phenoxy) is 1. The minimum Gasteiger partial charge on any atom is -0.480 e. The smallest absolute Gasteiger partial charge is 0.152 e. The molecule has 1 aromatic heterocycles. The maximum Gasteiger partial charge on any atom is 0.152 e. The van der Waals surface area contributed by atoms with Crippen molar-refractivity contribution in [1.82, 2.24) is 4.57 Å². The van der Waals surface area contributed by atoms with Crippen LogP contribution in [0.3, 0.4) is 0 Å². The molecule has 0 saturated carbocycles. The first kappa shape index (κ1) is 17.4. The second kappa shape index (κ2) is 6.40. The van der Waals surface area contributed by atoms with E-state index in [9.17, 15) is 0 Å². The van der Waals surface area contributed by atoms with Gasteiger partial charge in [-0.3, -0.25) is 0 Å². The van der Waals surface area contributed by atoms with Crippen LogP contribution in [0.5, 0.6) is 5.75 Å². The lowest BCUT2D eigenvalue weighted by molar-refractivity contribution is 0.244. The van der Waals surface area contributed by atoms with Crippen LogP contribution in [-0.2, 0) is 7.05 Å². The fraction of sp³-hybridized carbons (Fsp3) is 0.0909. The number of benzene rings is 3. The molecule has 0 bridgehead atoms. The number of fused-ring (bicyclic) bond motifs is 5. The van der Waals surface area contributed by atoms with Crippen molar-refractivity contribution in [2.75, 3.05) is 0 Å². The van der Waals surface area contributed by atoms with Crippen LogP contribution in [-0.4, -0.2) is 4.57 Å². The summed E-state index contributed by atoms with van der Waals surface area (Å²) in [7, 11) is 2.12. The highest BCUT2D eigenvalue weighted by Crippen LogP contribution is 2.49. The predicted octanol–water partition coefficient (Wildman–Crippen LogP) is 7.51. The van der Waals surface area contributed by atoms with E-state index in [1.54, 1.807) is 0 Å².